The van der Waals surface area contributed by atoms with Crippen LogP contribution >= 0.6 is 0 Å². The molecule has 0 aromatic heterocycles. The number of hydrogen-bond acceptors (Lipinski definition) is 5. The van der Waals surface area contributed by atoms with Gasteiger partial charge in [-0.2, -0.15) is 0 Å². The van der Waals surface area contributed by atoms with E-state index in [-0.39, 0.29) is 22.7 Å². The van der Waals surface area contributed by atoms with Crippen LogP contribution in [0.25, 0.3) is 0 Å². The first-order valence-corrected chi connectivity index (χ1v) is 7.63. The number of carbonyl (C=O) groups is 1. The van der Waals surface area contributed by atoms with E-state index in [1.165, 1.54) is 53.4 Å². The van der Waals surface area contributed by atoms with Crippen LogP contribution in [0.5, 0.6) is 11.5 Å². The molecule has 3 aromatic carbocycles. The first kappa shape index (κ1) is 17.0. The van der Waals surface area contributed by atoms with Crippen molar-refractivity contribution < 1.29 is 19.9 Å². The Labute approximate surface area is 148 Å². The van der Waals surface area contributed by atoms with Crippen LogP contribution < -0.4 is 4.90 Å². The molecule has 7 nitrogen and oxygen atoms in total. The molecule has 1 amide bonds. The van der Waals surface area contributed by atoms with Crippen molar-refractivity contribution in [2.75, 3.05) is 4.90 Å². The number of benzene rings is 3. The number of amides is 1. The molecule has 0 fully saturated rings. The standard InChI is InChI=1S/C19H14N2O5/c22-17-9-5-14(6-10-17)20(15-7-11-18(23)12-8-15)19(24)13-1-3-16(4-2-13)21(25)26/h1-12,22-23H. The van der Waals surface area contributed by atoms with Gasteiger partial charge in [0, 0.05) is 29.1 Å². The van der Waals surface area contributed by atoms with Crippen molar-refractivity contribution in [3.63, 3.8) is 0 Å². The Morgan fingerprint density at radius 1 is 0.769 bits per heavy atom. The quantitative estimate of drug-likeness (QED) is 0.547. The van der Waals surface area contributed by atoms with Crippen molar-refractivity contribution in [1.82, 2.24) is 0 Å². The molecule has 3 rings (SSSR count). The second-order valence-corrected chi connectivity index (χ2v) is 5.48. The number of carbonyl (C=O) groups excluding carboxylic acids is 1. The van der Waals surface area contributed by atoms with Gasteiger partial charge in [-0.05, 0) is 60.7 Å². The number of nitro benzene ring substituents is 1. The van der Waals surface area contributed by atoms with Crippen molar-refractivity contribution in [3.8, 4) is 11.5 Å². The summed E-state index contributed by atoms with van der Waals surface area (Å²) in [7, 11) is 0. The van der Waals surface area contributed by atoms with Crippen LogP contribution in [0, 0.1) is 10.1 Å². The second kappa shape index (κ2) is 6.94. The monoisotopic (exact) mass is 350 g/mol. The third-order valence-corrected chi connectivity index (χ3v) is 3.74. The fourth-order valence-electron chi connectivity index (χ4n) is 2.44. The summed E-state index contributed by atoms with van der Waals surface area (Å²) in [5.41, 5.74) is 1.15. The number of aromatic hydroxyl groups is 2. The minimum Gasteiger partial charge on any atom is -0.508 e. The van der Waals surface area contributed by atoms with Crippen LogP contribution in [0.15, 0.2) is 72.8 Å². The summed E-state index contributed by atoms with van der Waals surface area (Å²) >= 11 is 0. The first-order chi connectivity index (χ1) is 12.5. The number of rotatable bonds is 4. The lowest BCUT2D eigenvalue weighted by atomic mass is 10.1. The van der Waals surface area contributed by atoms with Gasteiger partial charge in [0.15, 0.2) is 0 Å². The highest BCUT2D eigenvalue weighted by atomic mass is 16.6. The van der Waals surface area contributed by atoms with E-state index in [9.17, 15) is 25.1 Å². The van der Waals surface area contributed by atoms with E-state index in [2.05, 4.69) is 0 Å². The van der Waals surface area contributed by atoms with E-state index in [1.54, 1.807) is 24.3 Å². The van der Waals surface area contributed by atoms with Crippen molar-refractivity contribution in [3.05, 3.63) is 88.5 Å². The van der Waals surface area contributed by atoms with Gasteiger partial charge in [-0.25, -0.2) is 0 Å². The molecule has 0 saturated carbocycles. The molecule has 0 bridgehead atoms. The molecule has 0 aliphatic carbocycles. The third-order valence-electron chi connectivity index (χ3n) is 3.74. The number of phenolic OH excluding ortho intramolecular Hbond substituents is 2. The molecule has 0 heterocycles. The topological polar surface area (TPSA) is 104 Å². The van der Waals surface area contributed by atoms with Gasteiger partial charge < -0.3 is 10.2 Å². The lowest BCUT2D eigenvalue weighted by Gasteiger charge is -2.23. The first-order valence-electron chi connectivity index (χ1n) is 7.63. The molecule has 26 heavy (non-hydrogen) atoms. The van der Waals surface area contributed by atoms with Crippen LogP contribution in [0.3, 0.4) is 0 Å². The molecule has 0 radical (unpaired) electrons. The molecule has 7 heteroatoms. The van der Waals surface area contributed by atoms with Crippen molar-refractivity contribution in [2.45, 2.75) is 0 Å². The maximum atomic E-state index is 13.0. The van der Waals surface area contributed by atoms with Gasteiger partial charge in [-0.15, -0.1) is 0 Å². The van der Waals surface area contributed by atoms with Gasteiger partial charge in [0.1, 0.15) is 11.5 Å². The maximum Gasteiger partial charge on any atom is 0.269 e. The van der Waals surface area contributed by atoms with E-state index < -0.39 is 10.8 Å². The lowest BCUT2D eigenvalue weighted by Crippen LogP contribution is -2.25. The zero-order valence-corrected chi connectivity index (χ0v) is 13.4. The summed E-state index contributed by atoms with van der Waals surface area (Å²) < 4.78 is 0. The Bertz CT molecular complexity index is 890. The Balaban J connectivity index is 2.04. The van der Waals surface area contributed by atoms with Crippen LogP contribution in [-0.2, 0) is 0 Å². The number of hydrogen-bond donors (Lipinski definition) is 2. The third kappa shape index (κ3) is 3.46. The van der Waals surface area contributed by atoms with Gasteiger partial charge in [-0.1, -0.05) is 0 Å². The Kier molecular flexibility index (Phi) is 4.53. The molecule has 3 aromatic rings. The minimum absolute atomic E-state index is 0.0576. The van der Waals surface area contributed by atoms with Crippen LogP contribution in [0.4, 0.5) is 17.1 Å². The summed E-state index contributed by atoms with van der Waals surface area (Å²) in [6, 6.07) is 17.4. The number of phenols is 2. The van der Waals surface area contributed by atoms with Crippen molar-refractivity contribution in [1.29, 1.82) is 0 Å². The summed E-state index contributed by atoms with van der Waals surface area (Å²) in [5, 5.41) is 29.8. The van der Waals surface area contributed by atoms with E-state index in [0.29, 0.717) is 11.4 Å². The number of nitro groups is 1. The molecular weight excluding hydrogens is 336 g/mol. The highest BCUT2D eigenvalue weighted by molar-refractivity contribution is 6.11. The van der Waals surface area contributed by atoms with Gasteiger partial charge in [0.05, 0.1) is 4.92 Å². The van der Waals surface area contributed by atoms with E-state index in [0.717, 1.165) is 0 Å². The smallest absolute Gasteiger partial charge is 0.269 e. The predicted molar refractivity (Wildman–Crippen MR) is 95.8 cm³/mol. The fraction of sp³-hybridized carbons (Fsp3) is 0. The molecular formula is C19H14N2O5. The maximum absolute atomic E-state index is 13.0. The summed E-state index contributed by atoms with van der Waals surface area (Å²) in [6.07, 6.45) is 0. The van der Waals surface area contributed by atoms with E-state index in [4.69, 9.17) is 0 Å². The molecule has 0 unspecified atom stereocenters. The second-order valence-electron chi connectivity index (χ2n) is 5.48. The van der Waals surface area contributed by atoms with Gasteiger partial charge >= 0.3 is 0 Å². The largest absolute Gasteiger partial charge is 0.508 e. The Morgan fingerprint density at radius 2 is 1.19 bits per heavy atom. The molecule has 0 saturated heterocycles. The normalized spacial score (nSPS) is 10.3. The van der Waals surface area contributed by atoms with E-state index >= 15 is 0 Å². The molecule has 130 valence electrons. The molecule has 0 spiro atoms. The van der Waals surface area contributed by atoms with Crippen molar-refractivity contribution in [2.24, 2.45) is 0 Å². The van der Waals surface area contributed by atoms with Gasteiger partial charge in [-0.3, -0.25) is 19.8 Å². The summed E-state index contributed by atoms with van der Waals surface area (Å²) in [5.74, 6) is -0.291. The number of anilines is 2. The SMILES string of the molecule is O=C(c1ccc([N+](=O)[O-])cc1)N(c1ccc(O)cc1)c1ccc(O)cc1. The van der Waals surface area contributed by atoms with Crippen LogP contribution in [0.2, 0.25) is 0 Å². The zero-order valence-electron chi connectivity index (χ0n) is 13.4. The average Bonchev–Trinajstić information content (AvgIpc) is 2.65. The van der Waals surface area contributed by atoms with Crippen LogP contribution in [0.1, 0.15) is 10.4 Å². The Morgan fingerprint density at radius 3 is 1.58 bits per heavy atom. The number of nitrogens with zero attached hydrogens (tertiary/aromatic N) is 2. The minimum atomic E-state index is -0.536. The lowest BCUT2D eigenvalue weighted by molar-refractivity contribution is -0.384. The molecule has 2 N–H and O–H groups in total. The predicted octanol–water partition coefficient (Wildman–Crippen LogP) is 3.98. The number of non-ortho nitro benzene ring substituents is 1. The van der Waals surface area contributed by atoms with E-state index in [1.807, 2.05) is 0 Å². The Hall–Kier alpha value is -3.87. The van der Waals surface area contributed by atoms with Gasteiger partial charge in [0.25, 0.3) is 11.6 Å². The van der Waals surface area contributed by atoms with Crippen molar-refractivity contribution >= 4 is 23.0 Å². The fourth-order valence-corrected chi connectivity index (χ4v) is 2.44. The average molecular weight is 350 g/mol. The summed E-state index contributed by atoms with van der Waals surface area (Å²) in [4.78, 5) is 24.7. The molecule has 0 aliphatic heterocycles. The zero-order chi connectivity index (χ0) is 18.7. The highest BCUT2D eigenvalue weighted by Gasteiger charge is 2.20. The molecule has 0 atom stereocenters. The van der Waals surface area contributed by atoms with Crippen LogP contribution in [-0.4, -0.2) is 21.0 Å². The van der Waals surface area contributed by atoms with Gasteiger partial charge in [0.2, 0.25) is 0 Å². The summed E-state index contributed by atoms with van der Waals surface area (Å²) in [6.45, 7) is 0. The molecule has 0 aliphatic rings. The highest BCUT2D eigenvalue weighted by Crippen LogP contribution is 2.30.